The van der Waals surface area contributed by atoms with Crippen LogP contribution in [0, 0.1) is 13.8 Å². The summed E-state index contributed by atoms with van der Waals surface area (Å²) in [6.45, 7) is 4.37. The Labute approximate surface area is 157 Å². The van der Waals surface area contributed by atoms with E-state index in [1.807, 2.05) is 38.1 Å². The Morgan fingerprint density at radius 1 is 1.11 bits per heavy atom. The van der Waals surface area contributed by atoms with Crippen LogP contribution in [-0.4, -0.2) is 33.1 Å². The number of anilines is 1. The van der Waals surface area contributed by atoms with Gasteiger partial charge in [-0.15, -0.1) is 0 Å². The Bertz CT molecular complexity index is 950. The van der Waals surface area contributed by atoms with Crippen molar-refractivity contribution < 1.29 is 9.59 Å². The molecular weight excluding hydrogens is 342 g/mol. The molecule has 1 aromatic carbocycles. The van der Waals surface area contributed by atoms with Gasteiger partial charge < -0.3 is 10.6 Å². The molecule has 138 valence electrons. The minimum absolute atomic E-state index is 0.124. The van der Waals surface area contributed by atoms with Gasteiger partial charge in [0.15, 0.2) is 5.82 Å². The van der Waals surface area contributed by atoms with E-state index in [0.717, 1.165) is 16.7 Å². The standard InChI is InChI=1S/C20H21N5O2/c1-14-5-6-17(10-15(14)2)20(27)22-12-19(26)23-18-7-9-25(24-18)13-16-4-3-8-21-11-16/h3-11H,12-13H2,1-2H3,(H,22,27)(H,23,24,26). The van der Waals surface area contributed by atoms with E-state index in [1.54, 1.807) is 35.4 Å². The van der Waals surface area contributed by atoms with Crippen molar-refractivity contribution in [3.8, 4) is 0 Å². The fourth-order valence-electron chi connectivity index (χ4n) is 2.53. The van der Waals surface area contributed by atoms with Gasteiger partial charge in [-0.3, -0.25) is 19.3 Å². The van der Waals surface area contributed by atoms with Crippen molar-refractivity contribution in [1.29, 1.82) is 0 Å². The summed E-state index contributed by atoms with van der Waals surface area (Å²) in [6, 6.07) is 11.0. The van der Waals surface area contributed by atoms with Crippen molar-refractivity contribution in [3.63, 3.8) is 0 Å². The van der Waals surface area contributed by atoms with Gasteiger partial charge in [0.1, 0.15) is 0 Å². The van der Waals surface area contributed by atoms with Gasteiger partial charge in [-0.2, -0.15) is 5.10 Å². The number of carbonyl (C=O) groups excluding carboxylic acids is 2. The van der Waals surface area contributed by atoms with Crippen molar-refractivity contribution >= 4 is 17.6 Å². The van der Waals surface area contributed by atoms with Crippen LogP contribution in [0.1, 0.15) is 27.0 Å². The lowest BCUT2D eigenvalue weighted by atomic mass is 10.1. The SMILES string of the molecule is Cc1ccc(C(=O)NCC(=O)Nc2ccn(Cc3cccnc3)n2)cc1C. The quantitative estimate of drug-likeness (QED) is 0.703. The summed E-state index contributed by atoms with van der Waals surface area (Å²) < 4.78 is 1.71. The van der Waals surface area contributed by atoms with E-state index in [2.05, 4.69) is 20.7 Å². The van der Waals surface area contributed by atoms with Crippen LogP contribution < -0.4 is 10.6 Å². The Kier molecular flexibility index (Phi) is 5.61. The summed E-state index contributed by atoms with van der Waals surface area (Å²) >= 11 is 0. The lowest BCUT2D eigenvalue weighted by Crippen LogP contribution is -2.33. The molecule has 0 aliphatic heterocycles. The Balaban J connectivity index is 1.50. The summed E-state index contributed by atoms with van der Waals surface area (Å²) in [5.41, 5.74) is 3.70. The molecule has 0 bridgehead atoms. The lowest BCUT2D eigenvalue weighted by molar-refractivity contribution is -0.115. The maximum Gasteiger partial charge on any atom is 0.251 e. The van der Waals surface area contributed by atoms with Crippen LogP contribution in [0.5, 0.6) is 0 Å². The molecule has 7 heteroatoms. The third kappa shape index (κ3) is 5.01. The first kappa shape index (κ1) is 18.3. The van der Waals surface area contributed by atoms with Crippen LogP contribution in [0.25, 0.3) is 0 Å². The van der Waals surface area contributed by atoms with Gasteiger partial charge in [-0.1, -0.05) is 12.1 Å². The smallest absolute Gasteiger partial charge is 0.251 e. The van der Waals surface area contributed by atoms with Gasteiger partial charge in [0.2, 0.25) is 5.91 Å². The molecule has 3 aromatic rings. The molecule has 2 amide bonds. The Hall–Kier alpha value is -3.48. The minimum Gasteiger partial charge on any atom is -0.343 e. The molecule has 0 aliphatic carbocycles. The second-order valence-electron chi connectivity index (χ2n) is 6.29. The number of aromatic nitrogens is 3. The first-order chi connectivity index (χ1) is 13.0. The van der Waals surface area contributed by atoms with Gasteiger partial charge in [-0.25, -0.2) is 0 Å². The normalized spacial score (nSPS) is 10.4. The number of rotatable bonds is 6. The predicted octanol–water partition coefficient (Wildman–Crippen LogP) is 2.31. The second kappa shape index (κ2) is 8.27. The summed E-state index contributed by atoms with van der Waals surface area (Å²) in [7, 11) is 0. The van der Waals surface area contributed by atoms with Crippen LogP contribution in [0.2, 0.25) is 0 Å². The van der Waals surface area contributed by atoms with Crippen LogP contribution in [-0.2, 0) is 11.3 Å². The van der Waals surface area contributed by atoms with E-state index in [-0.39, 0.29) is 18.4 Å². The summed E-state index contributed by atoms with van der Waals surface area (Å²) in [5, 5.41) is 9.59. The van der Waals surface area contributed by atoms with E-state index in [9.17, 15) is 9.59 Å². The molecule has 2 N–H and O–H groups in total. The van der Waals surface area contributed by atoms with Crippen LogP contribution in [0.15, 0.2) is 55.0 Å². The maximum absolute atomic E-state index is 12.2. The molecule has 0 fully saturated rings. The Morgan fingerprint density at radius 3 is 2.70 bits per heavy atom. The van der Waals surface area contributed by atoms with Crippen molar-refractivity contribution in [2.75, 3.05) is 11.9 Å². The Morgan fingerprint density at radius 2 is 1.96 bits per heavy atom. The summed E-state index contributed by atoms with van der Waals surface area (Å²) in [4.78, 5) is 28.3. The predicted molar refractivity (Wildman–Crippen MR) is 102 cm³/mol. The second-order valence-corrected chi connectivity index (χ2v) is 6.29. The van der Waals surface area contributed by atoms with Crippen molar-refractivity contribution in [3.05, 3.63) is 77.2 Å². The van der Waals surface area contributed by atoms with E-state index < -0.39 is 0 Å². The van der Waals surface area contributed by atoms with Crippen LogP contribution in [0.3, 0.4) is 0 Å². The zero-order valence-corrected chi connectivity index (χ0v) is 15.3. The molecule has 0 spiro atoms. The van der Waals surface area contributed by atoms with Crippen LogP contribution >= 0.6 is 0 Å². The topological polar surface area (TPSA) is 88.9 Å². The number of carbonyl (C=O) groups is 2. The number of pyridine rings is 1. The van der Waals surface area contributed by atoms with Crippen molar-refractivity contribution in [2.45, 2.75) is 20.4 Å². The third-order valence-corrected chi connectivity index (χ3v) is 4.15. The molecule has 0 saturated heterocycles. The number of amides is 2. The van der Waals surface area contributed by atoms with Gasteiger partial charge in [-0.05, 0) is 48.7 Å². The zero-order valence-electron chi connectivity index (χ0n) is 15.3. The first-order valence-electron chi connectivity index (χ1n) is 8.59. The molecule has 0 unspecified atom stereocenters. The molecule has 0 aliphatic rings. The average Bonchev–Trinajstić information content (AvgIpc) is 3.09. The largest absolute Gasteiger partial charge is 0.343 e. The van der Waals surface area contributed by atoms with Gasteiger partial charge in [0.25, 0.3) is 5.91 Å². The van der Waals surface area contributed by atoms with Gasteiger partial charge in [0, 0.05) is 30.2 Å². The molecule has 7 nitrogen and oxygen atoms in total. The van der Waals surface area contributed by atoms with E-state index >= 15 is 0 Å². The summed E-state index contributed by atoms with van der Waals surface area (Å²) in [5.74, 6) is -0.182. The van der Waals surface area contributed by atoms with Gasteiger partial charge in [0.05, 0.1) is 13.1 Å². The lowest BCUT2D eigenvalue weighted by Gasteiger charge is -2.07. The summed E-state index contributed by atoms with van der Waals surface area (Å²) in [6.07, 6.45) is 5.25. The van der Waals surface area contributed by atoms with Crippen molar-refractivity contribution in [1.82, 2.24) is 20.1 Å². The first-order valence-corrected chi connectivity index (χ1v) is 8.59. The van der Waals surface area contributed by atoms with Crippen LogP contribution in [0.4, 0.5) is 5.82 Å². The average molecular weight is 363 g/mol. The number of hydrogen-bond donors (Lipinski definition) is 2. The number of hydrogen-bond acceptors (Lipinski definition) is 4. The monoisotopic (exact) mass is 363 g/mol. The number of nitrogens with one attached hydrogen (secondary N) is 2. The molecule has 3 rings (SSSR count). The molecule has 0 atom stereocenters. The molecule has 0 saturated carbocycles. The highest BCUT2D eigenvalue weighted by Crippen LogP contribution is 2.10. The highest BCUT2D eigenvalue weighted by atomic mass is 16.2. The zero-order chi connectivity index (χ0) is 19.2. The highest BCUT2D eigenvalue weighted by Gasteiger charge is 2.10. The van der Waals surface area contributed by atoms with E-state index in [1.165, 1.54) is 0 Å². The number of benzene rings is 1. The van der Waals surface area contributed by atoms with Crippen molar-refractivity contribution in [2.24, 2.45) is 0 Å². The number of aryl methyl sites for hydroxylation is 2. The van der Waals surface area contributed by atoms with E-state index in [0.29, 0.717) is 17.9 Å². The molecule has 0 radical (unpaired) electrons. The highest BCUT2D eigenvalue weighted by molar-refractivity contribution is 5.99. The fraction of sp³-hybridized carbons (Fsp3) is 0.200. The molecule has 2 heterocycles. The number of nitrogens with zero attached hydrogens (tertiary/aromatic N) is 3. The van der Waals surface area contributed by atoms with Gasteiger partial charge >= 0.3 is 0 Å². The van der Waals surface area contributed by atoms with E-state index in [4.69, 9.17) is 0 Å². The molecule has 2 aromatic heterocycles. The molecular formula is C20H21N5O2. The maximum atomic E-state index is 12.2. The molecule has 27 heavy (non-hydrogen) atoms. The third-order valence-electron chi connectivity index (χ3n) is 4.15. The fourth-order valence-corrected chi connectivity index (χ4v) is 2.53. The minimum atomic E-state index is -0.334.